The molecule has 0 aliphatic rings. The van der Waals surface area contributed by atoms with Crippen LogP contribution in [0.15, 0.2) is 116 Å². The highest BCUT2D eigenvalue weighted by Gasteiger charge is 2.27. The molecule has 0 fully saturated rings. The van der Waals surface area contributed by atoms with E-state index in [9.17, 15) is 29.4 Å². The van der Waals surface area contributed by atoms with E-state index in [1.54, 1.807) is 84.9 Å². The average Bonchev–Trinajstić information content (AvgIpc) is 3.64. The van der Waals surface area contributed by atoms with Gasteiger partial charge in [-0.05, 0) is 52.7 Å². The number of phenols is 1. The Bertz CT molecular complexity index is 1980. The van der Waals surface area contributed by atoms with Crippen molar-refractivity contribution in [3.63, 3.8) is 0 Å². The Kier molecular flexibility index (Phi) is 11.8. The standard InChI is InChI=1S/C37H35N7O7/c1-2-20-51-32-11-7-6-10-31(32)44-42-34(41-43-44)26-14-16-27(17-15-26)35(47)38-23-33(46)39-29(21-24-8-4-3-5-9-24)36(48)40-30(37(49)50)22-25-12-18-28(45)19-13-25/h2-19,29-30,45H,1,20-23H2,(H,38,47)(H,39,46)(H,40,48)(H,49,50)/t29-,30-/m1/s1. The average molecular weight is 690 g/mol. The van der Waals surface area contributed by atoms with E-state index >= 15 is 0 Å². The summed E-state index contributed by atoms with van der Waals surface area (Å²) in [6.45, 7) is 3.52. The fraction of sp³-hybridized carbons (Fsp3) is 0.162. The van der Waals surface area contributed by atoms with Gasteiger partial charge in [0.15, 0.2) is 0 Å². The van der Waals surface area contributed by atoms with Gasteiger partial charge in [-0.3, -0.25) is 14.4 Å². The first-order valence-electron chi connectivity index (χ1n) is 15.9. The molecule has 0 bridgehead atoms. The number of aromatic hydroxyl groups is 1. The number of nitrogens with zero attached hydrogens (tertiary/aromatic N) is 4. The lowest BCUT2D eigenvalue weighted by Crippen LogP contribution is -2.54. The van der Waals surface area contributed by atoms with Crippen LogP contribution in [0.3, 0.4) is 0 Å². The molecule has 14 nitrogen and oxygen atoms in total. The van der Waals surface area contributed by atoms with Gasteiger partial charge in [0.25, 0.3) is 5.91 Å². The number of tetrazole rings is 1. The van der Waals surface area contributed by atoms with E-state index in [-0.39, 0.29) is 24.2 Å². The number of hydrogen-bond donors (Lipinski definition) is 5. The van der Waals surface area contributed by atoms with Crippen molar-refractivity contribution >= 4 is 23.7 Å². The third-order valence-corrected chi connectivity index (χ3v) is 7.59. The Morgan fingerprint density at radius 1 is 0.824 bits per heavy atom. The van der Waals surface area contributed by atoms with Crippen LogP contribution in [0.2, 0.25) is 0 Å². The number of carboxylic acids is 1. The lowest BCUT2D eigenvalue weighted by atomic mass is 10.0. The summed E-state index contributed by atoms with van der Waals surface area (Å²) in [6, 6.07) is 26.0. The molecule has 5 N–H and O–H groups in total. The molecule has 5 aromatic rings. The van der Waals surface area contributed by atoms with Crippen molar-refractivity contribution in [1.82, 2.24) is 36.2 Å². The summed E-state index contributed by atoms with van der Waals surface area (Å²) in [5.74, 6) is -2.27. The van der Waals surface area contributed by atoms with E-state index in [1.807, 2.05) is 12.1 Å². The van der Waals surface area contributed by atoms with E-state index in [1.165, 1.54) is 16.9 Å². The topological polar surface area (TPSA) is 198 Å². The molecule has 0 radical (unpaired) electrons. The predicted octanol–water partition coefficient (Wildman–Crippen LogP) is 2.87. The lowest BCUT2D eigenvalue weighted by molar-refractivity contribution is -0.142. The Morgan fingerprint density at radius 2 is 1.49 bits per heavy atom. The van der Waals surface area contributed by atoms with Gasteiger partial charge in [-0.15, -0.1) is 15.0 Å². The van der Waals surface area contributed by atoms with Crippen LogP contribution in [0.5, 0.6) is 11.5 Å². The summed E-state index contributed by atoms with van der Waals surface area (Å²) >= 11 is 0. The largest absolute Gasteiger partial charge is 0.508 e. The van der Waals surface area contributed by atoms with Crippen molar-refractivity contribution in [3.8, 4) is 28.6 Å². The number of nitrogens with one attached hydrogen (secondary N) is 3. The maximum atomic E-state index is 13.3. The molecule has 0 aliphatic heterocycles. The number of amides is 3. The van der Waals surface area contributed by atoms with Crippen molar-refractivity contribution in [2.75, 3.05) is 13.2 Å². The zero-order valence-corrected chi connectivity index (χ0v) is 27.3. The number of carbonyl (C=O) groups excluding carboxylic acids is 3. The molecule has 14 heteroatoms. The van der Waals surface area contributed by atoms with Crippen LogP contribution in [0.1, 0.15) is 21.5 Å². The monoisotopic (exact) mass is 689 g/mol. The zero-order chi connectivity index (χ0) is 36.2. The van der Waals surface area contributed by atoms with Gasteiger partial charge in [0.05, 0.1) is 6.54 Å². The van der Waals surface area contributed by atoms with Gasteiger partial charge in [0.1, 0.15) is 35.9 Å². The summed E-state index contributed by atoms with van der Waals surface area (Å²) in [4.78, 5) is 52.6. The molecule has 4 aromatic carbocycles. The van der Waals surface area contributed by atoms with Gasteiger partial charge in [-0.2, -0.15) is 0 Å². The maximum absolute atomic E-state index is 13.3. The van der Waals surface area contributed by atoms with E-state index in [0.717, 1.165) is 5.56 Å². The molecule has 0 unspecified atom stereocenters. The number of benzene rings is 4. The number of para-hydroxylation sites is 2. The molecule has 3 amide bonds. The molecule has 260 valence electrons. The van der Waals surface area contributed by atoms with Crippen molar-refractivity contribution in [1.29, 1.82) is 0 Å². The Hall–Kier alpha value is -6.83. The molecule has 5 rings (SSSR count). The molecule has 0 saturated heterocycles. The number of aliphatic carboxylic acids is 1. The fourth-order valence-corrected chi connectivity index (χ4v) is 5.00. The number of carboxylic acid groups (broad SMARTS) is 1. The second-order valence-corrected chi connectivity index (χ2v) is 11.3. The SMILES string of the molecule is C=CCOc1ccccc1-n1nnc(-c2ccc(C(=O)NCC(=O)N[C@H](Cc3ccccc3)C(=O)N[C@H](Cc3ccc(O)cc3)C(=O)O)cc2)n1. The molecule has 1 aromatic heterocycles. The molecular formula is C37H35N7O7. The van der Waals surface area contributed by atoms with E-state index in [4.69, 9.17) is 4.74 Å². The van der Waals surface area contributed by atoms with Gasteiger partial charge in [0, 0.05) is 24.0 Å². The Balaban J connectivity index is 1.20. The normalized spacial score (nSPS) is 11.8. The van der Waals surface area contributed by atoms with Crippen molar-refractivity contribution in [2.45, 2.75) is 24.9 Å². The summed E-state index contributed by atoms with van der Waals surface area (Å²) in [6.07, 6.45) is 1.66. The molecular weight excluding hydrogens is 654 g/mol. The smallest absolute Gasteiger partial charge is 0.326 e. The molecule has 0 spiro atoms. The fourth-order valence-electron chi connectivity index (χ4n) is 5.00. The Labute approximate surface area is 292 Å². The van der Waals surface area contributed by atoms with Gasteiger partial charge in [0.2, 0.25) is 17.6 Å². The maximum Gasteiger partial charge on any atom is 0.326 e. The second-order valence-electron chi connectivity index (χ2n) is 11.3. The van der Waals surface area contributed by atoms with Gasteiger partial charge >= 0.3 is 5.97 Å². The number of aromatic nitrogens is 4. The van der Waals surface area contributed by atoms with Gasteiger partial charge in [-0.1, -0.05) is 79.4 Å². The van der Waals surface area contributed by atoms with Crippen LogP contribution in [0, 0.1) is 0 Å². The molecule has 2 atom stereocenters. The van der Waals surface area contributed by atoms with Crippen molar-refractivity contribution < 1.29 is 34.1 Å². The first kappa shape index (κ1) is 35.5. The summed E-state index contributed by atoms with van der Waals surface area (Å²) in [5.41, 5.74) is 2.76. The summed E-state index contributed by atoms with van der Waals surface area (Å²) < 4.78 is 5.68. The van der Waals surface area contributed by atoms with Crippen molar-refractivity contribution in [3.05, 3.63) is 132 Å². The van der Waals surface area contributed by atoms with Crippen molar-refractivity contribution in [2.24, 2.45) is 0 Å². The molecule has 0 saturated carbocycles. The third-order valence-electron chi connectivity index (χ3n) is 7.59. The van der Waals surface area contributed by atoms with Crippen LogP contribution in [-0.4, -0.2) is 79.3 Å². The van der Waals surface area contributed by atoms with Crippen LogP contribution < -0.4 is 20.7 Å². The minimum Gasteiger partial charge on any atom is -0.508 e. The van der Waals surface area contributed by atoms with Gasteiger partial charge in [-0.25, -0.2) is 4.79 Å². The number of phenolic OH excluding ortho intramolecular Hbond substituents is 1. The molecule has 51 heavy (non-hydrogen) atoms. The number of hydrogen-bond acceptors (Lipinski definition) is 9. The highest BCUT2D eigenvalue weighted by Crippen LogP contribution is 2.22. The van der Waals surface area contributed by atoms with Crippen LogP contribution in [0.25, 0.3) is 17.1 Å². The minimum atomic E-state index is -1.30. The van der Waals surface area contributed by atoms with Crippen LogP contribution in [-0.2, 0) is 27.2 Å². The van der Waals surface area contributed by atoms with Crippen LogP contribution >= 0.6 is 0 Å². The molecule has 1 heterocycles. The van der Waals surface area contributed by atoms with Crippen LogP contribution in [0.4, 0.5) is 0 Å². The van der Waals surface area contributed by atoms with E-state index < -0.39 is 42.3 Å². The third kappa shape index (κ3) is 9.85. The highest BCUT2D eigenvalue weighted by molar-refractivity contribution is 5.97. The van der Waals surface area contributed by atoms with E-state index in [0.29, 0.717) is 35.0 Å². The quantitative estimate of drug-likeness (QED) is 0.0961. The number of ether oxygens (including phenoxy) is 1. The summed E-state index contributed by atoms with van der Waals surface area (Å²) in [5, 5.41) is 39.7. The van der Waals surface area contributed by atoms with Gasteiger partial charge < -0.3 is 30.9 Å². The molecule has 0 aliphatic carbocycles. The Morgan fingerprint density at radius 3 is 2.20 bits per heavy atom. The first-order chi connectivity index (χ1) is 24.7. The number of rotatable bonds is 16. The predicted molar refractivity (Wildman–Crippen MR) is 186 cm³/mol. The lowest BCUT2D eigenvalue weighted by Gasteiger charge is -2.22. The zero-order valence-electron chi connectivity index (χ0n) is 27.3. The second kappa shape index (κ2) is 17.0. The van der Waals surface area contributed by atoms with E-state index in [2.05, 4.69) is 37.9 Å². The minimum absolute atomic E-state index is 0.0244. The highest BCUT2D eigenvalue weighted by atomic mass is 16.5. The number of carbonyl (C=O) groups is 4. The first-order valence-corrected chi connectivity index (χ1v) is 15.9. The summed E-state index contributed by atoms with van der Waals surface area (Å²) in [7, 11) is 0.